The summed E-state index contributed by atoms with van der Waals surface area (Å²) in [6.07, 6.45) is -0.373. The second-order valence-electron chi connectivity index (χ2n) is 5.91. The quantitative estimate of drug-likeness (QED) is 0.827. The fraction of sp³-hybridized carbons (Fsp3) is 0.400. The van der Waals surface area contributed by atoms with Crippen molar-refractivity contribution in [3.63, 3.8) is 0 Å². The number of benzene rings is 1. The van der Waals surface area contributed by atoms with Gasteiger partial charge in [0.15, 0.2) is 0 Å². The van der Waals surface area contributed by atoms with E-state index in [9.17, 15) is 19.1 Å². The molecular weight excluding hydrogens is 303 g/mol. The highest BCUT2D eigenvalue weighted by Gasteiger charge is 2.53. The monoisotopic (exact) mass is 320 g/mol. The molecule has 0 bridgehead atoms. The van der Waals surface area contributed by atoms with Gasteiger partial charge in [0.05, 0.1) is 0 Å². The highest BCUT2D eigenvalue weighted by atomic mass is 19.1. The maximum Gasteiger partial charge on any atom is 0.407 e. The summed E-state index contributed by atoms with van der Waals surface area (Å²) < 4.78 is 13.6. The van der Waals surface area contributed by atoms with Crippen LogP contribution in [0.3, 0.4) is 0 Å². The number of piperidine rings is 1. The Hall–Kier alpha value is -2.64. The molecule has 7 nitrogen and oxygen atoms in total. The molecular formula is C15H17FN4O3. The zero-order chi connectivity index (χ0) is 16.8. The SMILES string of the molecule is C[C@H]1C[C@]2(CCN1C(=O)O)C(N)=NC(=O)N2c1cccc(F)c1. The second kappa shape index (κ2) is 5.22. The first-order valence-corrected chi connectivity index (χ1v) is 7.29. The minimum atomic E-state index is -1.01. The number of urea groups is 1. The van der Waals surface area contributed by atoms with Crippen molar-refractivity contribution >= 4 is 23.6 Å². The van der Waals surface area contributed by atoms with Crippen molar-refractivity contribution in [2.24, 2.45) is 10.7 Å². The molecule has 2 aliphatic rings. The van der Waals surface area contributed by atoms with E-state index in [4.69, 9.17) is 5.73 Å². The number of carboxylic acid groups (broad SMARTS) is 1. The van der Waals surface area contributed by atoms with Gasteiger partial charge in [-0.05, 0) is 38.0 Å². The minimum absolute atomic E-state index is 0.156. The molecule has 2 aliphatic heterocycles. The van der Waals surface area contributed by atoms with E-state index in [0.717, 1.165) is 0 Å². The lowest BCUT2D eigenvalue weighted by Crippen LogP contribution is -2.62. The Morgan fingerprint density at radius 1 is 1.52 bits per heavy atom. The van der Waals surface area contributed by atoms with Gasteiger partial charge in [-0.2, -0.15) is 4.99 Å². The van der Waals surface area contributed by atoms with Crippen LogP contribution in [0.2, 0.25) is 0 Å². The Labute approximate surface area is 132 Å². The molecule has 0 aromatic heterocycles. The predicted molar refractivity (Wildman–Crippen MR) is 82.1 cm³/mol. The number of hydrogen-bond acceptors (Lipinski definition) is 3. The first kappa shape index (κ1) is 15.3. The Morgan fingerprint density at radius 2 is 2.26 bits per heavy atom. The number of amides is 3. The molecule has 1 aromatic rings. The van der Waals surface area contributed by atoms with E-state index in [0.29, 0.717) is 18.5 Å². The fourth-order valence-electron chi connectivity index (χ4n) is 3.47. The first-order valence-electron chi connectivity index (χ1n) is 7.29. The van der Waals surface area contributed by atoms with Gasteiger partial charge in [0, 0.05) is 18.3 Å². The molecule has 2 heterocycles. The normalized spacial score (nSPS) is 27.5. The van der Waals surface area contributed by atoms with Gasteiger partial charge in [-0.15, -0.1) is 0 Å². The number of amidine groups is 1. The van der Waals surface area contributed by atoms with Crippen LogP contribution in [0, 0.1) is 5.82 Å². The van der Waals surface area contributed by atoms with E-state index in [1.165, 1.54) is 28.0 Å². The first-order chi connectivity index (χ1) is 10.8. The highest BCUT2D eigenvalue weighted by Crippen LogP contribution is 2.40. The van der Waals surface area contributed by atoms with Gasteiger partial charge in [0.1, 0.15) is 17.2 Å². The van der Waals surface area contributed by atoms with Crippen molar-refractivity contribution in [2.45, 2.75) is 31.3 Å². The molecule has 8 heteroatoms. The van der Waals surface area contributed by atoms with Gasteiger partial charge >= 0.3 is 12.1 Å². The van der Waals surface area contributed by atoms with Crippen LogP contribution in [0.25, 0.3) is 0 Å². The average Bonchev–Trinajstić information content (AvgIpc) is 2.69. The summed E-state index contributed by atoms with van der Waals surface area (Å²) in [5, 5.41) is 9.21. The standard InChI is InChI=1S/C15H17FN4O3/c1-9-8-15(5-6-19(9)14(22)23)12(17)18-13(21)20(15)11-4-2-3-10(16)7-11/h2-4,7,9H,5-6,8H2,1H3,(H,22,23)(H2,17,18,21)/t9-,15+/m0/s1. The van der Waals surface area contributed by atoms with Crippen molar-refractivity contribution < 1.29 is 19.1 Å². The summed E-state index contributed by atoms with van der Waals surface area (Å²) >= 11 is 0. The smallest absolute Gasteiger partial charge is 0.407 e. The molecule has 3 amide bonds. The largest absolute Gasteiger partial charge is 0.465 e. The van der Waals surface area contributed by atoms with Crippen LogP contribution in [0.5, 0.6) is 0 Å². The van der Waals surface area contributed by atoms with E-state index in [1.807, 2.05) is 0 Å². The summed E-state index contributed by atoms with van der Waals surface area (Å²) in [5.41, 5.74) is 5.48. The van der Waals surface area contributed by atoms with Gasteiger partial charge in [0.2, 0.25) is 0 Å². The maximum atomic E-state index is 13.6. The fourth-order valence-corrected chi connectivity index (χ4v) is 3.47. The summed E-state index contributed by atoms with van der Waals surface area (Å²) in [5.74, 6) is -0.310. The number of carbonyl (C=O) groups is 2. The molecule has 1 saturated heterocycles. The third kappa shape index (κ3) is 2.30. The van der Waals surface area contributed by atoms with Crippen LogP contribution in [0.15, 0.2) is 29.3 Å². The Bertz CT molecular complexity index is 708. The second-order valence-corrected chi connectivity index (χ2v) is 5.91. The topological polar surface area (TPSA) is 99.2 Å². The highest BCUT2D eigenvalue weighted by molar-refractivity contribution is 6.15. The van der Waals surface area contributed by atoms with Crippen LogP contribution in [0.4, 0.5) is 19.7 Å². The average molecular weight is 320 g/mol. The van der Waals surface area contributed by atoms with Gasteiger partial charge in [-0.1, -0.05) is 6.07 Å². The zero-order valence-electron chi connectivity index (χ0n) is 12.6. The summed E-state index contributed by atoms with van der Waals surface area (Å²) in [6, 6.07) is 4.78. The number of rotatable bonds is 1. The summed E-state index contributed by atoms with van der Waals surface area (Å²) in [7, 11) is 0. The van der Waals surface area contributed by atoms with Crippen molar-refractivity contribution in [1.82, 2.24) is 4.90 Å². The molecule has 0 saturated carbocycles. The van der Waals surface area contributed by atoms with Crippen molar-refractivity contribution in [2.75, 3.05) is 11.4 Å². The lowest BCUT2D eigenvalue weighted by atomic mass is 9.81. The molecule has 0 radical (unpaired) electrons. The van der Waals surface area contributed by atoms with E-state index < -0.39 is 23.5 Å². The van der Waals surface area contributed by atoms with E-state index in [-0.39, 0.29) is 18.4 Å². The van der Waals surface area contributed by atoms with Crippen LogP contribution in [-0.2, 0) is 0 Å². The third-order valence-corrected chi connectivity index (χ3v) is 4.56. The molecule has 0 aliphatic carbocycles. The maximum absolute atomic E-state index is 13.6. The number of carbonyl (C=O) groups excluding carboxylic acids is 1. The Morgan fingerprint density at radius 3 is 2.87 bits per heavy atom. The van der Waals surface area contributed by atoms with Crippen LogP contribution in [-0.4, -0.2) is 46.1 Å². The number of likely N-dealkylation sites (tertiary alicyclic amines) is 1. The molecule has 122 valence electrons. The number of anilines is 1. The van der Waals surface area contributed by atoms with Gasteiger partial charge < -0.3 is 15.7 Å². The van der Waals surface area contributed by atoms with Crippen LogP contribution in [0.1, 0.15) is 19.8 Å². The predicted octanol–water partition coefficient (Wildman–Crippen LogP) is 2.02. The summed E-state index contributed by atoms with van der Waals surface area (Å²) in [6.45, 7) is 1.99. The van der Waals surface area contributed by atoms with Gasteiger partial charge in [0.25, 0.3) is 0 Å². The molecule has 0 unspecified atom stereocenters. The van der Waals surface area contributed by atoms with Crippen LogP contribution >= 0.6 is 0 Å². The Balaban J connectivity index is 2.00. The molecule has 1 spiro atoms. The van der Waals surface area contributed by atoms with Crippen molar-refractivity contribution in [3.05, 3.63) is 30.1 Å². The van der Waals surface area contributed by atoms with Crippen molar-refractivity contribution in [3.8, 4) is 0 Å². The molecule has 1 fully saturated rings. The molecule has 2 atom stereocenters. The molecule has 23 heavy (non-hydrogen) atoms. The molecule has 1 aromatic carbocycles. The van der Waals surface area contributed by atoms with Gasteiger partial charge in [-0.25, -0.2) is 14.0 Å². The summed E-state index contributed by atoms with van der Waals surface area (Å²) in [4.78, 5) is 30.1. The number of hydrogen-bond donors (Lipinski definition) is 2. The number of halogens is 1. The Kier molecular flexibility index (Phi) is 3.46. The van der Waals surface area contributed by atoms with Crippen molar-refractivity contribution in [1.29, 1.82) is 0 Å². The minimum Gasteiger partial charge on any atom is -0.465 e. The van der Waals surface area contributed by atoms with E-state index >= 15 is 0 Å². The number of nitrogens with two attached hydrogens (primary N) is 1. The van der Waals surface area contributed by atoms with Gasteiger partial charge in [-0.3, -0.25) is 4.90 Å². The van der Waals surface area contributed by atoms with E-state index in [1.54, 1.807) is 13.0 Å². The third-order valence-electron chi connectivity index (χ3n) is 4.56. The number of nitrogens with zero attached hydrogens (tertiary/aromatic N) is 3. The van der Waals surface area contributed by atoms with Crippen LogP contribution < -0.4 is 10.6 Å². The van der Waals surface area contributed by atoms with E-state index in [2.05, 4.69) is 4.99 Å². The lowest BCUT2D eigenvalue weighted by molar-refractivity contribution is 0.100. The molecule has 3 N–H and O–H groups in total. The zero-order valence-corrected chi connectivity index (χ0v) is 12.6. The molecule has 3 rings (SSSR count). The number of aliphatic imine (C=N–C) groups is 1. The lowest BCUT2D eigenvalue weighted by Gasteiger charge is -2.46.